The van der Waals surface area contributed by atoms with Crippen molar-refractivity contribution in [1.29, 1.82) is 0 Å². The molecule has 2 aliphatic rings. The Balaban J connectivity index is 0.00000461. The van der Waals surface area contributed by atoms with Crippen molar-refractivity contribution in [2.75, 3.05) is 54.1 Å². The summed E-state index contributed by atoms with van der Waals surface area (Å²) in [5, 5.41) is 0.975. The summed E-state index contributed by atoms with van der Waals surface area (Å²) < 4.78 is 16.4. The smallest absolute Gasteiger partial charge is 0.254 e. The number of hydrogen-bond acceptors (Lipinski definition) is 7. The minimum absolute atomic E-state index is 0. The molecule has 2 N–H and O–H groups in total. The van der Waals surface area contributed by atoms with Gasteiger partial charge < -0.3 is 29.7 Å². The minimum atomic E-state index is -0.697. The van der Waals surface area contributed by atoms with E-state index in [1.807, 2.05) is 35.2 Å². The van der Waals surface area contributed by atoms with E-state index in [-0.39, 0.29) is 29.6 Å². The molecule has 9 nitrogen and oxygen atoms in total. The first kappa shape index (κ1) is 34.6. The van der Waals surface area contributed by atoms with Crippen molar-refractivity contribution in [3.05, 3.63) is 81.6 Å². The first-order valence-corrected chi connectivity index (χ1v) is 15.4. The van der Waals surface area contributed by atoms with E-state index < -0.39 is 5.41 Å². The maximum Gasteiger partial charge on any atom is 0.254 e. The normalized spacial score (nSPS) is 19.4. The molecule has 5 rings (SSSR count). The number of ether oxygens (including phenoxy) is 3. The number of pyridine rings is 1. The third-order valence-corrected chi connectivity index (χ3v) is 10.1. The van der Waals surface area contributed by atoms with E-state index in [0.717, 1.165) is 43.6 Å². The molecule has 3 heterocycles. The first-order chi connectivity index (χ1) is 21.2. The second kappa shape index (κ2) is 14.5. The Morgan fingerprint density at radius 2 is 1.51 bits per heavy atom. The van der Waals surface area contributed by atoms with Crippen molar-refractivity contribution in [3.8, 4) is 17.2 Å². The molecule has 2 aliphatic heterocycles. The van der Waals surface area contributed by atoms with Crippen LogP contribution in [-0.2, 0) is 15.6 Å². The number of methoxy groups -OCH3 is 3. The summed E-state index contributed by atoms with van der Waals surface area (Å²) in [5.74, 6) is 0.868. The molecule has 2 amide bonds. The van der Waals surface area contributed by atoms with Crippen molar-refractivity contribution >= 4 is 47.4 Å². The van der Waals surface area contributed by atoms with Gasteiger partial charge in [0.1, 0.15) is 0 Å². The molecule has 0 saturated carbocycles. The molecule has 0 aliphatic carbocycles. The Kier molecular flexibility index (Phi) is 11.1. The maximum absolute atomic E-state index is 13.9. The van der Waals surface area contributed by atoms with Gasteiger partial charge in [0, 0.05) is 36.5 Å². The molecular formula is C33H39Cl3N4O5. The summed E-state index contributed by atoms with van der Waals surface area (Å²) >= 11 is 12.8. The van der Waals surface area contributed by atoms with Gasteiger partial charge in [0.25, 0.3) is 5.91 Å². The second-order valence-corrected chi connectivity index (χ2v) is 12.4. The second-order valence-electron chi connectivity index (χ2n) is 11.6. The third kappa shape index (κ3) is 6.82. The zero-order chi connectivity index (χ0) is 31.5. The van der Waals surface area contributed by atoms with Crippen LogP contribution < -0.4 is 19.9 Å². The van der Waals surface area contributed by atoms with Crippen molar-refractivity contribution in [2.24, 2.45) is 5.73 Å². The SMILES string of the molecule is COc1cc(C(=O)N2CCC(CCN3CCC(C(N)=O)(c4ccncc4)CC3)(c3ccc(Cl)c(Cl)c3)C2)cc(OC)c1OC.Cl. The number of nitrogens with zero attached hydrogens (tertiary/aromatic N) is 3. The predicted octanol–water partition coefficient (Wildman–Crippen LogP) is 5.53. The van der Waals surface area contributed by atoms with Gasteiger partial charge in [0.2, 0.25) is 11.7 Å². The highest BCUT2D eigenvalue weighted by molar-refractivity contribution is 6.42. The molecular weight excluding hydrogens is 639 g/mol. The predicted molar refractivity (Wildman–Crippen MR) is 177 cm³/mol. The fraction of sp³-hybridized carbons (Fsp3) is 0.424. The fourth-order valence-electron chi connectivity index (χ4n) is 6.72. The monoisotopic (exact) mass is 676 g/mol. The Labute approximate surface area is 280 Å². The van der Waals surface area contributed by atoms with Crippen LogP contribution in [0.25, 0.3) is 0 Å². The fourth-order valence-corrected chi connectivity index (χ4v) is 7.02. The molecule has 242 valence electrons. The molecule has 2 fully saturated rings. The van der Waals surface area contributed by atoms with E-state index in [9.17, 15) is 9.59 Å². The Morgan fingerprint density at radius 1 is 0.867 bits per heavy atom. The van der Waals surface area contributed by atoms with Gasteiger partial charge in [-0.15, -0.1) is 12.4 Å². The van der Waals surface area contributed by atoms with Crippen LogP contribution in [0.15, 0.2) is 54.9 Å². The van der Waals surface area contributed by atoms with Gasteiger partial charge in [-0.3, -0.25) is 14.6 Å². The van der Waals surface area contributed by atoms with Gasteiger partial charge in [-0.25, -0.2) is 0 Å². The van der Waals surface area contributed by atoms with Crippen LogP contribution in [0.1, 0.15) is 47.2 Å². The standard InChI is InChI=1S/C33H38Cl2N4O5.ClH/c1-42-27-18-22(19-28(43-2)29(27)44-3)30(40)39-17-9-32(21-39,24-4-5-25(34)26(35)20-24)8-14-38-15-10-33(11-16-38,31(36)41)23-6-12-37-13-7-23;/h4-7,12-13,18-20H,8-11,14-17,21H2,1-3H3,(H2,36,41);1H. The summed E-state index contributed by atoms with van der Waals surface area (Å²) in [5.41, 5.74) is 7.35. The van der Waals surface area contributed by atoms with Gasteiger partial charge in [-0.1, -0.05) is 29.3 Å². The van der Waals surface area contributed by atoms with E-state index >= 15 is 0 Å². The zero-order valence-electron chi connectivity index (χ0n) is 25.7. The summed E-state index contributed by atoms with van der Waals surface area (Å²) in [7, 11) is 4.59. The Morgan fingerprint density at radius 3 is 2.07 bits per heavy atom. The highest BCUT2D eigenvalue weighted by Crippen LogP contribution is 2.43. The number of hydrogen-bond donors (Lipinski definition) is 1. The van der Waals surface area contributed by atoms with Crippen molar-refractivity contribution < 1.29 is 23.8 Å². The molecule has 0 bridgehead atoms. The van der Waals surface area contributed by atoms with Gasteiger partial charge in [0.15, 0.2) is 11.5 Å². The lowest BCUT2D eigenvalue weighted by Crippen LogP contribution is -2.50. The maximum atomic E-state index is 13.9. The average Bonchev–Trinajstić information content (AvgIpc) is 3.50. The van der Waals surface area contributed by atoms with E-state index in [0.29, 0.717) is 58.8 Å². The number of carbonyl (C=O) groups is 2. The number of primary amides is 1. The summed E-state index contributed by atoms with van der Waals surface area (Å²) in [6.07, 6.45) is 6.24. The number of amides is 2. The van der Waals surface area contributed by atoms with Crippen LogP contribution in [0.5, 0.6) is 17.2 Å². The molecule has 45 heavy (non-hydrogen) atoms. The summed E-state index contributed by atoms with van der Waals surface area (Å²) in [6.45, 7) is 3.34. The molecule has 12 heteroatoms. The van der Waals surface area contributed by atoms with Crippen LogP contribution >= 0.6 is 35.6 Å². The number of halogens is 3. The first-order valence-electron chi connectivity index (χ1n) is 14.6. The minimum Gasteiger partial charge on any atom is -0.493 e. The lowest BCUT2D eigenvalue weighted by atomic mass is 9.72. The van der Waals surface area contributed by atoms with Gasteiger partial charge in [0.05, 0.1) is 36.8 Å². The number of aromatic nitrogens is 1. The Hall–Kier alpha value is -3.24. The average molecular weight is 678 g/mol. The summed E-state index contributed by atoms with van der Waals surface area (Å²) in [6, 6.07) is 12.9. The lowest BCUT2D eigenvalue weighted by molar-refractivity contribution is -0.125. The number of carbonyl (C=O) groups excluding carboxylic acids is 2. The van der Waals surface area contributed by atoms with Crippen molar-refractivity contribution in [1.82, 2.24) is 14.8 Å². The third-order valence-electron chi connectivity index (χ3n) is 9.41. The molecule has 2 saturated heterocycles. The molecule has 1 atom stereocenters. The quantitative estimate of drug-likeness (QED) is 0.301. The number of piperidine rings is 1. The van der Waals surface area contributed by atoms with Gasteiger partial charge >= 0.3 is 0 Å². The van der Waals surface area contributed by atoms with Crippen molar-refractivity contribution in [3.63, 3.8) is 0 Å². The lowest BCUT2D eigenvalue weighted by Gasteiger charge is -2.41. The van der Waals surface area contributed by atoms with Crippen molar-refractivity contribution in [2.45, 2.75) is 36.5 Å². The summed E-state index contributed by atoms with van der Waals surface area (Å²) in [4.78, 5) is 34.9. The van der Waals surface area contributed by atoms with Crippen LogP contribution in [0, 0.1) is 0 Å². The molecule has 1 aromatic heterocycles. The van der Waals surface area contributed by atoms with Gasteiger partial charge in [-0.2, -0.15) is 0 Å². The van der Waals surface area contributed by atoms with E-state index in [1.165, 1.54) is 21.3 Å². The largest absolute Gasteiger partial charge is 0.493 e. The van der Waals surface area contributed by atoms with Gasteiger partial charge in [-0.05, 0) is 92.8 Å². The Bertz CT molecular complexity index is 1490. The molecule has 0 radical (unpaired) electrons. The molecule has 1 unspecified atom stereocenters. The number of nitrogens with two attached hydrogens (primary N) is 1. The molecule has 2 aromatic carbocycles. The topological polar surface area (TPSA) is 107 Å². The van der Waals surface area contributed by atoms with Crippen LogP contribution in [0.4, 0.5) is 0 Å². The van der Waals surface area contributed by atoms with Crippen LogP contribution in [0.3, 0.4) is 0 Å². The molecule has 3 aromatic rings. The highest BCUT2D eigenvalue weighted by Gasteiger charge is 2.44. The highest BCUT2D eigenvalue weighted by atomic mass is 35.5. The number of benzene rings is 2. The van der Waals surface area contributed by atoms with E-state index in [1.54, 1.807) is 24.5 Å². The molecule has 0 spiro atoms. The number of likely N-dealkylation sites (tertiary alicyclic amines) is 2. The van der Waals surface area contributed by atoms with Crippen LogP contribution in [-0.4, -0.2) is 80.7 Å². The number of rotatable bonds is 10. The zero-order valence-corrected chi connectivity index (χ0v) is 28.0. The van der Waals surface area contributed by atoms with E-state index in [2.05, 4.69) is 9.88 Å². The van der Waals surface area contributed by atoms with E-state index in [4.69, 9.17) is 43.1 Å². The van der Waals surface area contributed by atoms with Crippen LogP contribution in [0.2, 0.25) is 10.0 Å².